The fraction of sp³-hybridized carbons (Fsp3) is 0.100. The molecule has 0 aromatic heterocycles. The topological polar surface area (TPSA) is 58.4 Å². The third-order valence-electron chi connectivity index (χ3n) is 2.10. The van der Waals surface area contributed by atoms with Gasteiger partial charge in [-0.2, -0.15) is 0 Å². The molecular formula is C10H10BrN3O. The average molecular weight is 268 g/mol. The van der Waals surface area contributed by atoms with Gasteiger partial charge in [0.25, 0.3) is 5.91 Å². The SMILES string of the molecule is NC1C(=O)NN(c2ccccc2)C=C1Br. The van der Waals surface area contributed by atoms with Gasteiger partial charge in [-0.05, 0) is 12.1 Å². The Morgan fingerprint density at radius 3 is 2.60 bits per heavy atom. The van der Waals surface area contributed by atoms with Gasteiger partial charge in [0.05, 0.1) is 5.69 Å². The number of hydrazine groups is 1. The second kappa shape index (κ2) is 4.04. The van der Waals surface area contributed by atoms with Crippen LogP contribution in [0.15, 0.2) is 41.0 Å². The molecule has 3 N–H and O–H groups in total. The molecule has 1 aliphatic rings. The van der Waals surface area contributed by atoms with Crippen molar-refractivity contribution >= 4 is 27.5 Å². The second-order valence-corrected chi connectivity index (χ2v) is 4.09. The van der Waals surface area contributed by atoms with Crippen molar-refractivity contribution in [2.45, 2.75) is 6.04 Å². The van der Waals surface area contributed by atoms with Crippen LogP contribution in [0.4, 0.5) is 5.69 Å². The Kier molecular flexibility index (Phi) is 2.75. The van der Waals surface area contributed by atoms with Crippen molar-refractivity contribution < 1.29 is 4.79 Å². The number of amides is 1. The second-order valence-electron chi connectivity index (χ2n) is 3.17. The summed E-state index contributed by atoms with van der Waals surface area (Å²) in [6, 6.07) is 8.89. The Morgan fingerprint density at radius 2 is 2.00 bits per heavy atom. The minimum absolute atomic E-state index is 0.228. The van der Waals surface area contributed by atoms with Crippen molar-refractivity contribution in [3.63, 3.8) is 0 Å². The molecule has 2 rings (SSSR count). The van der Waals surface area contributed by atoms with Crippen molar-refractivity contribution in [2.75, 3.05) is 5.01 Å². The van der Waals surface area contributed by atoms with Gasteiger partial charge in [-0.25, -0.2) is 0 Å². The number of nitrogens with zero attached hydrogens (tertiary/aromatic N) is 1. The highest BCUT2D eigenvalue weighted by atomic mass is 79.9. The van der Waals surface area contributed by atoms with Gasteiger partial charge in [0.15, 0.2) is 0 Å². The first-order chi connectivity index (χ1) is 7.18. The number of anilines is 1. The summed E-state index contributed by atoms with van der Waals surface area (Å²) in [5.74, 6) is -0.228. The lowest BCUT2D eigenvalue weighted by Crippen LogP contribution is -2.51. The fourth-order valence-electron chi connectivity index (χ4n) is 1.28. The summed E-state index contributed by atoms with van der Waals surface area (Å²) in [7, 11) is 0. The molecule has 0 aliphatic carbocycles. The van der Waals surface area contributed by atoms with Gasteiger partial charge in [-0.15, -0.1) is 0 Å². The number of hydrogen-bond donors (Lipinski definition) is 2. The number of carbonyl (C=O) groups excluding carboxylic acids is 1. The molecule has 1 unspecified atom stereocenters. The molecule has 15 heavy (non-hydrogen) atoms. The Bertz CT molecular complexity index is 404. The van der Waals surface area contributed by atoms with E-state index in [-0.39, 0.29) is 5.91 Å². The van der Waals surface area contributed by atoms with Crippen LogP contribution in [0, 0.1) is 0 Å². The standard InChI is InChI=1S/C10H10BrN3O/c11-8-6-14(13-10(15)9(8)12)7-4-2-1-3-5-7/h1-6,9H,12H2,(H,13,15). The van der Waals surface area contributed by atoms with E-state index in [1.165, 1.54) is 0 Å². The summed E-state index contributed by atoms with van der Waals surface area (Å²) in [6.45, 7) is 0. The molecule has 1 heterocycles. The molecule has 1 amide bonds. The Hall–Kier alpha value is -1.33. The number of nitrogens with two attached hydrogens (primary N) is 1. The number of para-hydroxylation sites is 1. The lowest BCUT2D eigenvalue weighted by atomic mass is 10.2. The van der Waals surface area contributed by atoms with Crippen LogP contribution in [0.5, 0.6) is 0 Å². The van der Waals surface area contributed by atoms with Gasteiger partial charge in [-0.3, -0.25) is 15.2 Å². The molecule has 0 fully saturated rings. The molecule has 78 valence electrons. The number of benzene rings is 1. The van der Waals surface area contributed by atoms with Crippen molar-refractivity contribution in [1.82, 2.24) is 5.43 Å². The summed E-state index contributed by atoms with van der Waals surface area (Å²) in [5, 5.41) is 1.63. The predicted molar refractivity (Wildman–Crippen MR) is 62.0 cm³/mol. The Balaban J connectivity index is 2.30. The zero-order valence-electron chi connectivity index (χ0n) is 7.85. The van der Waals surface area contributed by atoms with E-state index in [1.807, 2.05) is 30.3 Å². The smallest absolute Gasteiger partial charge is 0.260 e. The maximum absolute atomic E-state index is 11.4. The first kappa shape index (κ1) is 10.2. The van der Waals surface area contributed by atoms with Crippen LogP contribution >= 0.6 is 15.9 Å². The molecule has 1 atom stereocenters. The highest BCUT2D eigenvalue weighted by Crippen LogP contribution is 2.20. The van der Waals surface area contributed by atoms with Crippen molar-refractivity contribution in [3.8, 4) is 0 Å². The maximum atomic E-state index is 11.4. The monoisotopic (exact) mass is 267 g/mol. The van der Waals surface area contributed by atoms with Gasteiger partial charge in [0.1, 0.15) is 6.04 Å². The third kappa shape index (κ3) is 2.03. The largest absolute Gasteiger partial charge is 0.316 e. The van der Waals surface area contributed by atoms with E-state index < -0.39 is 6.04 Å². The predicted octanol–water partition coefficient (Wildman–Crippen LogP) is 1.10. The molecular weight excluding hydrogens is 258 g/mol. The molecule has 4 nitrogen and oxygen atoms in total. The molecule has 0 bridgehead atoms. The van der Waals surface area contributed by atoms with Crippen LogP contribution in [-0.4, -0.2) is 11.9 Å². The minimum atomic E-state index is -0.620. The molecule has 0 saturated carbocycles. The minimum Gasteiger partial charge on any atom is -0.316 e. The third-order valence-corrected chi connectivity index (χ3v) is 2.80. The first-order valence-corrected chi connectivity index (χ1v) is 5.25. The number of nitrogens with one attached hydrogen (secondary N) is 1. The van der Waals surface area contributed by atoms with E-state index in [0.717, 1.165) is 5.69 Å². The summed E-state index contributed by atoms with van der Waals surface area (Å²) < 4.78 is 0.662. The number of carbonyl (C=O) groups is 1. The Labute approximate surface area is 95.8 Å². The van der Waals surface area contributed by atoms with Crippen LogP contribution in [0.3, 0.4) is 0 Å². The lowest BCUT2D eigenvalue weighted by Gasteiger charge is -2.28. The van der Waals surface area contributed by atoms with Crippen LogP contribution in [0.25, 0.3) is 0 Å². The number of halogens is 1. The normalized spacial score (nSPS) is 20.9. The highest BCUT2D eigenvalue weighted by molar-refractivity contribution is 9.11. The van der Waals surface area contributed by atoms with Crippen molar-refractivity contribution in [3.05, 3.63) is 41.0 Å². The quantitative estimate of drug-likeness (QED) is 0.802. The van der Waals surface area contributed by atoms with E-state index in [1.54, 1.807) is 11.2 Å². The molecule has 1 aromatic rings. The fourth-order valence-corrected chi connectivity index (χ4v) is 1.69. The number of hydrogen-bond acceptors (Lipinski definition) is 3. The van der Waals surface area contributed by atoms with E-state index in [2.05, 4.69) is 21.4 Å². The van der Waals surface area contributed by atoms with Gasteiger partial charge in [0.2, 0.25) is 0 Å². The first-order valence-electron chi connectivity index (χ1n) is 4.46. The zero-order chi connectivity index (χ0) is 10.8. The summed E-state index contributed by atoms with van der Waals surface area (Å²) >= 11 is 3.27. The zero-order valence-corrected chi connectivity index (χ0v) is 9.44. The van der Waals surface area contributed by atoms with E-state index >= 15 is 0 Å². The van der Waals surface area contributed by atoms with Crippen LogP contribution in [-0.2, 0) is 4.79 Å². The maximum Gasteiger partial charge on any atom is 0.260 e. The average Bonchev–Trinajstić information content (AvgIpc) is 2.26. The van der Waals surface area contributed by atoms with Crippen molar-refractivity contribution in [2.24, 2.45) is 5.73 Å². The summed E-state index contributed by atoms with van der Waals surface area (Å²) in [6.07, 6.45) is 1.75. The molecule has 1 aliphatic heterocycles. The molecule has 1 aromatic carbocycles. The van der Waals surface area contributed by atoms with Crippen LogP contribution in [0.1, 0.15) is 0 Å². The highest BCUT2D eigenvalue weighted by Gasteiger charge is 2.24. The van der Waals surface area contributed by atoms with Crippen molar-refractivity contribution in [1.29, 1.82) is 0 Å². The van der Waals surface area contributed by atoms with Crippen LogP contribution in [0.2, 0.25) is 0 Å². The van der Waals surface area contributed by atoms with E-state index in [9.17, 15) is 4.79 Å². The lowest BCUT2D eigenvalue weighted by molar-refractivity contribution is -0.121. The van der Waals surface area contributed by atoms with E-state index in [4.69, 9.17) is 5.73 Å². The summed E-state index contributed by atoms with van der Waals surface area (Å²) in [4.78, 5) is 11.4. The van der Waals surface area contributed by atoms with Crippen LogP contribution < -0.4 is 16.2 Å². The van der Waals surface area contributed by atoms with Gasteiger partial charge in [-0.1, -0.05) is 34.1 Å². The van der Waals surface area contributed by atoms with Gasteiger partial charge < -0.3 is 5.73 Å². The molecule has 0 saturated heterocycles. The molecule has 5 heteroatoms. The molecule has 0 radical (unpaired) electrons. The van der Waals surface area contributed by atoms with Gasteiger partial charge in [0, 0.05) is 10.7 Å². The summed E-state index contributed by atoms with van der Waals surface area (Å²) in [5.41, 5.74) is 9.17. The number of rotatable bonds is 1. The van der Waals surface area contributed by atoms with Gasteiger partial charge >= 0.3 is 0 Å². The Morgan fingerprint density at radius 1 is 1.33 bits per heavy atom. The van der Waals surface area contributed by atoms with E-state index in [0.29, 0.717) is 4.48 Å². The molecule has 0 spiro atoms.